The van der Waals surface area contributed by atoms with E-state index in [9.17, 15) is 17.6 Å². The van der Waals surface area contributed by atoms with Gasteiger partial charge >= 0.3 is 5.97 Å². The Morgan fingerprint density at radius 1 is 1.48 bits per heavy atom. The van der Waals surface area contributed by atoms with E-state index in [2.05, 4.69) is 15.0 Å². The van der Waals surface area contributed by atoms with Crippen LogP contribution < -0.4 is 4.72 Å². The van der Waals surface area contributed by atoms with E-state index in [-0.39, 0.29) is 29.2 Å². The number of nitriles is 1. The normalized spacial score (nSPS) is 11.1. The van der Waals surface area contributed by atoms with Crippen LogP contribution in [0.1, 0.15) is 16.1 Å². The Balaban J connectivity index is 2.04. The molecule has 0 spiro atoms. The molecule has 1 aromatic heterocycles. The number of carbonyl (C=O) groups is 1. The van der Waals surface area contributed by atoms with Crippen LogP contribution >= 0.6 is 0 Å². The molecule has 2 N–H and O–H groups in total. The number of sulfonamides is 1. The number of hydrogen-bond acceptors (Lipinski definition) is 6. The Hall–Kier alpha value is -2.84. The molecule has 9 nitrogen and oxygen atoms in total. The average Bonchev–Trinajstić information content (AvgIpc) is 2.96. The lowest BCUT2D eigenvalue weighted by molar-refractivity contribution is 0.0690. The highest BCUT2D eigenvalue weighted by molar-refractivity contribution is 7.89. The molecule has 0 unspecified atom stereocenters. The zero-order valence-corrected chi connectivity index (χ0v) is 12.3. The fourth-order valence-corrected chi connectivity index (χ4v) is 2.69. The van der Waals surface area contributed by atoms with Crippen LogP contribution in [0.5, 0.6) is 0 Å². The van der Waals surface area contributed by atoms with Gasteiger partial charge in [0.05, 0.1) is 23.2 Å². The second-order valence-electron chi connectivity index (χ2n) is 4.32. The summed E-state index contributed by atoms with van der Waals surface area (Å²) in [7, 11) is -3.93. The van der Waals surface area contributed by atoms with Crippen LogP contribution in [-0.4, -0.2) is 41.0 Å². The lowest BCUT2D eigenvalue weighted by Crippen LogP contribution is -2.27. The second-order valence-corrected chi connectivity index (χ2v) is 6.09. The predicted octanol–water partition coefficient (Wildman–Crippen LogP) is -0.0344. The van der Waals surface area contributed by atoms with Crippen molar-refractivity contribution in [3.63, 3.8) is 0 Å². The van der Waals surface area contributed by atoms with Gasteiger partial charge in [0.25, 0.3) is 0 Å². The number of nitrogens with one attached hydrogen (secondary N) is 1. The highest BCUT2D eigenvalue weighted by atomic mass is 32.2. The summed E-state index contributed by atoms with van der Waals surface area (Å²) in [6.45, 7) is -0.0458. The first kappa shape index (κ1) is 16.5. The van der Waals surface area contributed by atoms with E-state index in [0.29, 0.717) is 0 Å². The SMILES string of the molecule is N#Cc1cc(S(=O)(=O)NCCn2cc(C(=O)O)nn2)ccc1F. The minimum absolute atomic E-state index is 0.0474. The third-order valence-electron chi connectivity index (χ3n) is 2.76. The molecule has 1 aromatic carbocycles. The molecule has 0 saturated heterocycles. The molecule has 0 bridgehead atoms. The number of nitrogens with zero attached hydrogens (tertiary/aromatic N) is 4. The molecule has 120 valence electrons. The molecule has 0 atom stereocenters. The highest BCUT2D eigenvalue weighted by Crippen LogP contribution is 2.14. The van der Waals surface area contributed by atoms with Gasteiger partial charge in [-0.25, -0.2) is 22.3 Å². The van der Waals surface area contributed by atoms with Crippen molar-refractivity contribution in [2.24, 2.45) is 0 Å². The number of rotatable bonds is 6. The van der Waals surface area contributed by atoms with E-state index in [1.54, 1.807) is 6.07 Å². The summed E-state index contributed by atoms with van der Waals surface area (Å²) in [6, 6.07) is 4.41. The van der Waals surface area contributed by atoms with Crippen LogP contribution in [0, 0.1) is 17.1 Å². The molecule has 0 saturated carbocycles. The molecule has 2 rings (SSSR count). The van der Waals surface area contributed by atoms with E-state index in [1.807, 2.05) is 0 Å². The number of hydrogen-bond donors (Lipinski definition) is 2. The number of halogens is 1. The summed E-state index contributed by atoms with van der Waals surface area (Å²) in [5, 5.41) is 24.3. The van der Waals surface area contributed by atoms with Crippen LogP contribution in [-0.2, 0) is 16.6 Å². The Kier molecular flexibility index (Phi) is 4.68. The Labute approximate surface area is 130 Å². The molecule has 11 heteroatoms. The van der Waals surface area contributed by atoms with Gasteiger partial charge in [0.2, 0.25) is 10.0 Å². The standard InChI is InChI=1S/C12H10FN5O4S/c13-10-2-1-9(5-8(10)6-14)23(21,22)15-3-4-18-7-11(12(19)20)16-17-18/h1-2,5,7,15H,3-4H2,(H,19,20). The maximum Gasteiger partial charge on any atom is 0.358 e. The van der Waals surface area contributed by atoms with Crippen molar-refractivity contribution < 1.29 is 22.7 Å². The van der Waals surface area contributed by atoms with Crippen LogP contribution in [0.4, 0.5) is 4.39 Å². The molecule has 1 heterocycles. The van der Waals surface area contributed by atoms with E-state index in [0.717, 1.165) is 29.1 Å². The summed E-state index contributed by atoms with van der Waals surface area (Å²) >= 11 is 0. The molecule has 0 amide bonds. The molecule has 0 fully saturated rings. The average molecular weight is 339 g/mol. The van der Waals surface area contributed by atoms with Gasteiger partial charge in [-0.15, -0.1) is 5.10 Å². The number of aromatic nitrogens is 3. The van der Waals surface area contributed by atoms with E-state index in [4.69, 9.17) is 10.4 Å². The first-order valence-electron chi connectivity index (χ1n) is 6.16. The van der Waals surface area contributed by atoms with Crippen molar-refractivity contribution in [3.8, 4) is 6.07 Å². The zero-order chi connectivity index (χ0) is 17.0. The topological polar surface area (TPSA) is 138 Å². The summed E-state index contributed by atoms with van der Waals surface area (Å²) in [6.07, 6.45) is 1.16. The molecule has 0 aliphatic heterocycles. The highest BCUT2D eigenvalue weighted by Gasteiger charge is 2.16. The smallest absolute Gasteiger partial charge is 0.358 e. The summed E-state index contributed by atoms with van der Waals surface area (Å²) in [5.74, 6) is -2.05. The second kappa shape index (κ2) is 6.51. The minimum Gasteiger partial charge on any atom is -0.476 e. The van der Waals surface area contributed by atoms with Gasteiger partial charge in [0.1, 0.15) is 11.9 Å². The Morgan fingerprint density at radius 3 is 2.83 bits per heavy atom. The summed E-state index contributed by atoms with van der Waals surface area (Å²) in [4.78, 5) is 10.4. The van der Waals surface area contributed by atoms with Crippen LogP contribution in [0.3, 0.4) is 0 Å². The van der Waals surface area contributed by atoms with Gasteiger partial charge in [-0.05, 0) is 18.2 Å². The van der Waals surface area contributed by atoms with Gasteiger partial charge in [-0.3, -0.25) is 4.68 Å². The van der Waals surface area contributed by atoms with E-state index < -0.39 is 21.8 Å². The van der Waals surface area contributed by atoms with Gasteiger partial charge < -0.3 is 5.11 Å². The number of carboxylic acid groups (broad SMARTS) is 1. The van der Waals surface area contributed by atoms with Crippen molar-refractivity contribution in [2.45, 2.75) is 11.4 Å². The molecule has 23 heavy (non-hydrogen) atoms. The first-order chi connectivity index (χ1) is 10.8. The van der Waals surface area contributed by atoms with Crippen molar-refractivity contribution in [1.82, 2.24) is 19.7 Å². The minimum atomic E-state index is -3.93. The molecular formula is C12H10FN5O4S. The number of benzene rings is 1. The molecular weight excluding hydrogens is 329 g/mol. The van der Waals surface area contributed by atoms with Crippen molar-refractivity contribution >= 4 is 16.0 Å². The van der Waals surface area contributed by atoms with Crippen molar-refractivity contribution in [3.05, 3.63) is 41.5 Å². The Morgan fingerprint density at radius 2 is 2.22 bits per heavy atom. The van der Waals surface area contributed by atoms with Crippen molar-refractivity contribution in [1.29, 1.82) is 5.26 Å². The van der Waals surface area contributed by atoms with E-state index in [1.165, 1.54) is 0 Å². The zero-order valence-electron chi connectivity index (χ0n) is 11.5. The Bertz CT molecular complexity index is 887. The van der Waals surface area contributed by atoms with E-state index >= 15 is 0 Å². The first-order valence-corrected chi connectivity index (χ1v) is 7.64. The molecule has 2 aromatic rings. The molecule has 0 radical (unpaired) electrons. The van der Waals surface area contributed by atoms with Gasteiger partial charge in [-0.1, -0.05) is 5.21 Å². The molecule has 0 aliphatic carbocycles. The van der Waals surface area contributed by atoms with Gasteiger partial charge in [-0.2, -0.15) is 5.26 Å². The third-order valence-corrected chi connectivity index (χ3v) is 4.22. The maximum absolute atomic E-state index is 13.2. The number of carboxylic acids is 1. The summed E-state index contributed by atoms with van der Waals surface area (Å²) in [5.41, 5.74) is -0.639. The van der Waals surface area contributed by atoms with Crippen molar-refractivity contribution in [2.75, 3.05) is 6.54 Å². The fourth-order valence-electron chi connectivity index (χ4n) is 1.64. The molecule has 0 aliphatic rings. The summed E-state index contributed by atoms with van der Waals surface area (Å²) < 4.78 is 40.7. The largest absolute Gasteiger partial charge is 0.476 e. The lowest BCUT2D eigenvalue weighted by atomic mass is 10.2. The van der Waals surface area contributed by atoms with Crippen LogP contribution in [0.15, 0.2) is 29.3 Å². The van der Waals surface area contributed by atoms with Gasteiger partial charge in [0.15, 0.2) is 5.69 Å². The van der Waals surface area contributed by atoms with Crippen LogP contribution in [0.2, 0.25) is 0 Å². The fraction of sp³-hybridized carbons (Fsp3) is 0.167. The van der Waals surface area contributed by atoms with Gasteiger partial charge in [0, 0.05) is 6.54 Å². The van der Waals surface area contributed by atoms with Crippen LogP contribution in [0.25, 0.3) is 0 Å². The quantitative estimate of drug-likeness (QED) is 0.753. The predicted molar refractivity (Wildman–Crippen MR) is 73.3 cm³/mol. The number of aromatic carboxylic acids is 1. The maximum atomic E-state index is 13.2. The monoisotopic (exact) mass is 339 g/mol. The lowest BCUT2D eigenvalue weighted by Gasteiger charge is -2.07. The third kappa shape index (κ3) is 3.87.